The SMILES string of the molecule is CCCNc1cnc(C(=O)N(C)C2CCCN(C)C2)cn1. The Balaban J connectivity index is 1.98. The van der Waals surface area contributed by atoms with Gasteiger partial charge in [-0.2, -0.15) is 0 Å². The lowest BCUT2D eigenvalue weighted by Crippen LogP contribution is -2.47. The van der Waals surface area contributed by atoms with Gasteiger partial charge < -0.3 is 15.1 Å². The van der Waals surface area contributed by atoms with E-state index in [1.807, 2.05) is 7.05 Å². The van der Waals surface area contributed by atoms with Crippen LogP contribution in [0, 0.1) is 0 Å². The summed E-state index contributed by atoms with van der Waals surface area (Å²) in [5.41, 5.74) is 0.410. The van der Waals surface area contributed by atoms with Crippen LogP contribution in [-0.2, 0) is 0 Å². The molecule has 6 heteroatoms. The van der Waals surface area contributed by atoms with Gasteiger partial charge in [-0.25, -0.2) is 9.97 Å². The molecule has 0 spiro atoms. The van der Waals surface area contributed by atoms with Crippen molar-refractivity contribution in [1.82, 2.24) is 19.8 Å². The summed E-state index contributed by atoms with van der Waals surface area (Å²) in [5, 5.41) is 3.15. The number of likely N-dealkylation sites (N-methyl/N-ethyl adjacent to an activating group) is 2. The summed E-state index contributed by atoms with van der Waals surface area (Å²) in [6, 6.07) is 0.260. The largest absolute Gasteiger partial charge is 0.369 e. The molecule has 1 aliphatic rings. The number of piperidine rings is 1. The van der Waals surface area contributed by atoms with Gasteiger partial charge in [-0.15, -0.1) is 0 Å². The standard InChI is InChI=1S/C15H25N5O/c1-4-7-16-14-10-17-13(9-18-14)15(21)20(3)12-6-5-8-19(2)11-12/h9-10,12H,4-8,11H2,1-3H3,(H,16,18). The van der Waals surface area contributed by atoms with Gasteiger partial charge in [0.05, 0.1) is 12.4 Å². The Labute approximate surface area is 126 Å². The molecule has 0 saturated carbocycles. The van der Waals surface area contributed by atoms with Crippen molar-refractivity contribution in [3.63, 3.8) is 0 Å². The summed E-state index contributed by atoms with van der Waals surface area (Å²) < 4.78 is 0. The predicted molar refractivity (Wildman–Crippen MR) is 83.4 cm³/mol. The third-order valence-corrected chi connectivity index (χ3v) is 3.89. The van der Waals surface area contributed by atoms with Gasteiger partial charge in [-0.05, 0) is 32.9 Å². The molecule has 1 aromatic rings. The summed E-state index contributed by atoms with van der Waals surface area (Å²) in [7, 11) is 3.95. The van der Waals surface area contributed by atoms with E-state index in [1.54, 1.807) is 17.3 Å². The topological polar surface area (TPSA) is 61.4 Å². The van der Waals surface area contributed by atoms with Gasteiger partial charge in [0.2, 0.25) is 0 Å². The van der Waals surface area contributed by atoms with Gasteiger partial charge in [-0.1, -0.05) is 6.92 Å². The number of aromatic nitrogens is 2. The number of carbonyl (C=O) groups is 1. The van der Waals surface area contributed by atoms with Crippen LogP contribution in [0.25, 0.3) is 0 Å². The zero-order valence-electron chi connectivity index (χ0n) is 13.2. The molecule has 0 radical (unpaired) electrons. The average Bonchev–Trinajstić information content (AvgIpc) is 2.52. The van der Waals surface area contributed by atoms with E-state index in [4.69, 9.17) is 0 Å². The maximum atomic E-state index is 12.5. The number of likely N-dealkylation sites (tertiary alicyclic amines) is 1. The quantitative estimate of drug-likeness (QED) is 0.890. The summed E-state index contributed by atoms with van der Waals surface area (Å²) >= 11 is 0. The maximum Gasteiger partial charge on any atom is 0.274 e. The van der Waals surface area contributed by atoms with Crippen molar-refractivity contribution in [2.45, 2.75) is 32.2 Å². The van der Waals surface area contributed by atoms with Gasteiger partial charge in [-0.3, -0.25) is 4.79 Å². The second kappa shape index (κ2) is 7.36. The van der Waals surface area contributed by atoms with Crippen molar-refractivity contribution in [3.8, 4) is 0 Å². The molecule has 21 heavy (non-hydrogen) atoms. The number of carbonyl (C=O) groups excluding carboxylic acids is 1. The molecular formula is C15H25N5O. The molecule has 1 aliphatic heterocycles. The maximum absolute atomic E-state index is 12.5. The van der Waals surface area contributed by atoms with Crippen LogP contribution in [0.5, 0.6) is 0 Å². The number of nitrogens with zero attached hydrogens (tertiary/aromatic N) is 4. The monoisotopic (exact) mass is 291 g/mol. The lowest BCUT2D eigenvalue weighted by Gasteiger charge is -2.35. The Morgan fingerprint density at radius 1 is 1.48 bits per heavy atom. The Morgan fingerprint density at radius 3 is 2.90 bits per heavy atom. The van der Waals surface area contributed by atoms with Gasteiger partial charge >= 0.3 is 0 Å². The van der Waals surface area contributed by atoms with E-state index in [0.29, 0.717) is 11.5 Å². The Bertz CT molecular complexity index is 462. The molecule has 0 aliphatic carbocycles. The van der Waals surface area contributed by atoms with E-state index >= 15 is 0 Å². The van der Waals surface area contributed by atoms with Crippen LogP contribution in [0.2, 0.25) is 0 Å². The molecular weight excluding hydrogens is 266 g/mol. The highest BCUT2D eigenvalue weighted by atomic mass is 16.2. The lowest BCUT2D eigenvalue weighted by atomic mass is 10.0. The fourth-order valence-electron chi connectivity index (χ4n) is 2.58. The van der Waals surface area contributed by atoms with Crippen molar-refractivity contribution < 1.29 is 4.79 Å². The van der Waals surface area contributed by atoms with Crippen molar-refractivity contribution in [2.75, 3.05) is 39.0 Å². The highest BCUT2D eigenvalue weighted by Crippen LogP contribution is 2.15. The number of amides is 1. The molecule has 1 amide bonds. The number of hydrogen-bond donors (Lipinski definition) is 1. The first-order valence-electron chi connectivity index (χ1n) is 7.63. The Kier molecular flexibility index (Phi) is 5.50. The lowest BCUT2D eigenvalue weighted by molar-refractivity contribution is 0.0638. The van der Waals surface area contributed by atoms with Crippen LogP contribution in [0.3, 0.4) is 0 Å². The van der Waals surface area contributed by atoms with Crippen LogP contribution in [0.4, 0.5) is 5.82 Å². The van der Waals surface area contributed by atoms with Crippen LogP contribution >= 0.6 is 0 Å². The predicted octanol–water partition coefficient (Wildman–Crippen LogP) is 1.46. The Morgan fingerprint density at radius 2 is 2.29 bits per heavy atom. The first-order valence-corrected chi connectivity index (χ1v) is 7.63. The molecule has 6 nitrogen and oxygen atoms in total. The highest BCUT2D eigenvalue weighted by molar-refractivity contribution is 5.92. The normalized spacial score (nSPS) is 19.3. The van der Waals surface area contributed by atoms with Crippen molar-refractivity contribution in [2.24, 2.45) is 0 Å². The van der Waals surface area contributed by atoms with Crippen molar-refractivity contribution in [1.29, 1.82) is 0 Å². The molecule has 2 heterocycles. The first-order chi connectivity index (χ1) is 10.1. The molecule has 1 aromatic heterocycles. The molecule has 1 N–H and O–H groups in total. The number of rotatable bonds is 5. The third-order valence-electron chi connectivity index (χ3n) is 3.89. The van der Waals surface area contributed by atoms with Crippen molar-refractivity contribution in [3.05, 3.63) is 18.1 Å². The molecule has 1 unspecified atom stereocenters. The van der Waals surface area contributed by atoms with Crippen LogP contribution in [0.15, 0.2) is 12.4 Å². The second-order valence-corrected chi connectivity index (χ2v) is 5.69. The van der Waals surface area contributed by atoms with Gasteiger partial charge in [0, 0.05) is 26.2 Å². The smallest absolute Gasteiger partial charge is 0.274 e. The van der Waals surface area contributed by atoms with Crippen LogP contribution in [-0.4, -0.2) is 65.4 Å². The minimum absolute atomic E-state index is 0.0511. The van der Waals surface area contributed by atoms with Crippen LogP contribution in [0.1, 0.15) is 36.7 Å². The minimum Gasteiger partial charge on any atom is -0.369 e. The third kappa shape index (κ3) is 4.14. The van der Waals surface area contributed by atoms with E-state index in [9.17, 15) is 4.79 Å². The molecule has 0 aromatic carbocycles. The van der Waals surface area contributed by atoms with Crippen LogP contribution < -0.4 is 5.32 Å². The fourth-order valence-corrected chi connectivity index (χ4v) is 2.58. The summed E-state index contributed by atoms with van der Waals surface area (Å²) in [6.07, 6.45) is 6.40. The molecule has 1 saturated heterocycles. The van der Waals surface area contributed by atoms with E-state index in [-0.39, 0.29) is 11.9 Å². The second-order valence-electron chi connectivity index (χ2n) is 5.69. The minimum atomic E-state index is -0.0511. The fraction of sp³-hybridized carbons (Fsp3) is 0.667. The zero-order chi connectivity index (χ0) is 15.2. The number of nitrogens with one attached hydrogen (secondary N) is 1. The number of anilines is 1. The highest BCUT2D eigenvalue weighted by Gasteiger charge is 2.25. The number of hydrogen-bond acceptors (Lipinski definition) is 5. The van der Waals surface area contributed by atoms with Gasteiger partial charge in [0.25, 0.3) is 5.91 Å². The van der Waals surface area contributed by atoms with E-state index in [1.165, 1.54) is 0 Å². The Hall–Kier alpha value is -1.69. The van der Waals surface area contributed by atoms with Gasteiger partial charge in [0.15, 0.2) is 0 Å². The molecule has 2 rings (SSSR count). The molecule has 1 atom stereocenters. The van der Waals surface area contributed by atoms with E-state index in [2.05, 4.69) is 34.2 Å². The van der Waals surface area contributed by atoms with Gasteiger partial charge in [0.1, 0.15) is 11.5 Å². The van der Waals surface area contributed by atoms with E-state index < -0.39 is 0 Å². The molecule has 116 valence electrons. The summed E-state index contributed by atoms with van der Waals surface area (Å²) in [4.78, 5) is 25.0. The average molecular weight is 291 g/mol. The summed E-state index contributed by atoms with van der Waals surface area (Å²) in [6.45, 7) is 4.98. The van der Waals surface area contributed by atoms with Crippen molar-refractivity contribution >= 4 is 11.7 Å². The van der Waals surface area contributed by atoms with E-state index in [0.717, 1.165) is 38.9 Å². The first kappa shape index (κ1) is 15.7. The molecule has 1 fully saturated rings. The molecule has 0 bridgehead atoms. The zero-order valence-corrected chi connectivity index (χ0v) is 13.2. The summed E-state index contributed by atoms with van der Waals surface area (Å²) in [5.74, 6) is 0.665.